The third-order valence-corrected chi connectivity index (χ3v) is 3.91. The lowest BCUT2D eigenvalue weighted by atomic mass is 10.1. The van der Waals surface area contributed by atoms with E-state index in [0.717, 1.165) is 5.56 Å². The number of anilines is 1. The monoisotopic (exact) mass is 379 g/mol. The molecule has 1 amide bonds. The molecule has 0 saturated carbocycles. The van der Waals surface area contributed by atoms with E-state index in [2.05, 4.69) is 10.5 Å². The van der Waals surface area contributed by atoms with E-state index in [1.54, 1.807) is 30.3 Å². The zero-order valence-electron chi connectivity index (χ0n) is 13.8. The van der Waals surface area contributed by atoms with Gasteiger partial charge in [0.05, 0.1) is 17.3 Å². The second-order valence-electron chi connectivity index (χ2n) is 5.38. The Morgan fingerprint density at radius 1 is 1.20 bits per heavy atom. The molecule has 25 heavy (non-hydrogen) atoms. The molecule has 0 bridgehead atoms. The third-order valence-electron chi connectivity index (χ3n) is 3.38. The zero-order valence-corrected chi connectivity index (χ0v) is 15.3. The van der Waals surface area contributed by atoms with Crippen LogP contribution in [0.25, 0.3) is 0 Å². The van der Waals surface area contributed by atoms with Crippen LogP contribution in [-0.4, -0.2) is 18.2 Å². The molecule has 5 nitrogen and oxygen atoms in total. The standard InChI is InChI=1S/C18H19Cl2N3O2/c1-12(13-4-7-15(21)8-5-13)22-23-18(24)3-2-10-25-17-9-6-14(19)11-16(17)20/h4-9,11H,2-3,10,21H2,1H3,(H,23,24)/b22-12+. The second-order valence-corrected chi connectivity index (χ2v) is 6.22. The first-order valence-corrected chi connectivity index (χ1v) is 8.48. The second kappa shape index (κ2) is 9.30. The number of ether oxygens (including phenoxy) is 1. The number of hydrazone groups is 1. The number of halogens is 2. The van der Waals surface area contributed by atoms with Crippen LogP contribution in [0.4, 0.5) is 5.69 Å². The average Bonchev–Trinajstić information content (AvgIpc) is 2.58. The number of nitrogens with one attached hydrogen (secondary N) is 1. The van der Waals surface area contributed by atoms with Crippen LogP contribution in [0.2, 0.25) is 10.0 Å². The number of amides is 1. The number of rotatable bonds is 7. The van der Waals surface area contributed by atoms with Crippen LogP contribution >= 0.6 is 23.2 Å². The summed E-state index contributed by atoms with van der Waals surface area (Å²) in [6.45, 7) is 2.19. The Morgan fingerprint density at radius 3 is 2.60 bits per heavy atom. The fourth-order valence-corrected chi connectivity index (χ4v) is 2.46. The lowest BCUT2D eigenvalue weighted by molar-refractivity contribution is -0.121. The average molecular weight is 380 g/mol. The predicted octanol–water partition coefficient (Wildman–Crippen LogP) is 4.28. The summed E-state index contributed by atoms with van der Waals surface area (Å²) in [6.07, 6.45) is 0.838. The van der Waals surface area contributed by atoms with Crippen molar-refractivity contribution in [2.75, 3.05) is 12.3 Å². The number of nitrogens with zero attached hydrogens (tertiary/aromatic N) is 1. The van der Waals surface area contributed by atoms with Gasteiger partial charge < -0.3 is 10.5 Å². The van der Waals surface area contributed by atoms with Crippen LogP contribution in [0.15, 0.2) is 47.6 Å². The molecule has 0 aliphatic carbocycles. The highest BCUT2D eigenvalue weighted by atomic mass is 35.5. The van der Waals surface area contributed by atoms with Crippen molar-refractivity contribution in [2.24, 2.45) is 5.10 Å². The number of hydrogen-bond acceptors (Lipinski definition) is 4. The molecule has 0 saturated heterocycles. The van der Waals surface area contributed by atoms with Gasteiger partial charge in [0.15, 0.2) is 0 Å². The van der Waals surface area contributed by atoms with Crippen molar-refractivity contribution in [2.45, 2.75) is 19.8 Å². The van der Waals surface area contributed by atoms with Crippen LogP contribution in [0.3, 0.4) is 0 Å². The van der Waals surface area contributed by atoms with Gasteiger partial charge in [-0.05, 0) is 49.2 Å². The molecule has 0 heterocycles. The van der Waals surface area contributed by atoms with Gasteiger partial charge in [0, 0.05) is 17.1 Å². The van der Waals surface area contributed by atoms with Gasteiger partial charge >= 0.3 is 0 Å². The largest absolute Gasteiger partial charge is 0.492 e. The summed E-state index contributed by atoms with van der Waals surface area (Å²) in [5.74, 6) is 0.365. The van der Waals surface area contributed by atoms with Crippen LogP contribution in [-0.2, 0) is 4.79 Å². The van der Waals surface area contributed by atoms with Gasteiger partial charge in [0.2, 0.25) is 5.91 Å². The van der Waals surface area contributed by atoms with Crippen LogP contribution < -0.4 is 15.9 Å². The number of carbonyl (C=O) groups excluding carboxylic acids is 1. The third kappa shape index (κ3) is 6.29. The Morgan fingerprint density at radius 2 is 1.92 bits per heavy atom. The van der Waals surface area contributed by atoms with Crippen LogP contribution in [0, 0.1) is 0 Å². The van der Waals surface area contributed by atoms with Crippen molar-refractivity contribution in [1.29, 1.82) is 0 Å². The topological polar surface area (TPSA) is 76.7 Å². The Balaban J connectivity index is 1.73. The van der Waals surface area contributed by atoms with Crippen molar-refractivity contribution < 1.29 is 9.53 Å². The Kier molecular flexibility index (Phi) is 7.10. The lowest BCUT2D eigenvalue weighted by Gasteiger charge is -2.08. The molecule has 0 unspecified atom stereocenters. The molecule has 2 rings (SSSR count). The van der Waals surface area contributed by atoms with E-state index >= 15 is 0 Å². The number of benzene rings is 2. The highest BCUT2D eigenvalue weighted by Gasteiger charge is 2.05. The maximum atomic E-state index is 11.8. The molecule has 2 aromatic rings. The molecular weight excluding hydrogens is 361 g/mol. The quantitative estimate of drug-likeness (QED) is 0.326. The summed E-state index contributed by atoms with van der Waals surface area (Å²) in [7, 11) is 0. The van der Waals surface area contributed by atoms with Crippen LogP contribution in [0.1, 0.15) is 25.3 Å². The van der Waals surface area contributed by atoms with Gasteiger partial charge in [-0.2, -0.15) is 5.10 Å². The molecule has 0 atom stereocenters. The molecule has 0 aliphatic heterocycles. The maximum absolute atomic E-state index is 11.8. The molecule has 0 spiro atoms. The minimum atomic E-state index is -0.180. The van der Waals surface area contributed by atoms with Crippen molar-refractivity contribution in [3.05, 3.63) is 58.1 Å². The van der Waals surface area contributed by atoms with E-state index in [-0.39, 0.29) is 5.91 Å². The molecular formula is C18H19Cl2N3O2. The van der Waals surface area contributed by atoms with E-state index in [9.17, 15) is 4.79 Å². The highest BCUT2D eigenvalue weighted by molar-refractivity contribution is 6.35. The molecule has 0 fully saturated rings. The first-order chi connectivity index (χ1) is 12.0. The van der Waals surface area contributed by atoms with Crippen molar-refractivity contribution in [3.63, 3.8) is 0 Å². The van der Waals surface area contributed by atoms with Gasteiger partial charge in [0.25, 0.3) is 0 Å². The summed E-state index contributed by atoms with van der Waals surface area (Å²) in [5, 5.41) is 5.08. The van der Waals surface area contributed by atoms with Crippen LogP contribution in [0.5, 0.6) is 5.75 Å². The van der Waals surface area contributed by atoms with Gasteiger partial charge in [0.1, 0.15) is 5.75 Å². The Hall–Kier alpha value is -2.24. The first kappa shape index (κ1) is 19.1. The molecule has 0 aromatic heterocycles. The predicted molar refractivity (Wildman–Crippen MR) is 102 cm³/mol. The smallest absolute Gasteiger partial charge is 0.240 e. The molecule has 2 aromatic carbocycles. The van der Waals surface area contributed by atoms with E-state index < -0.39 is 0 Å². The van der Waals surface area contributed by atoms with E-state index in [4.69, 9.17) is 33.7 Å². The lowest BCUT2D eigenvalue weighted by Crippen LogP contribution is -2.19. The summed E-state index contributed by atoms with van der Waals surface area (Å²) < 4.78 is 5.53. The van der Waals surface area contributed by atoms with Gasteiger partial charge in [-0.25, -0.2) is 5.43 Å². The van der Waals surface area contributed by atoms with Crippen molar-refractivity contribution in [1.82, 2.24) is 5.43 Å². The number of hydrogen-bond donors (Lipinski definition) is 2. The number of nitrogen functional groups attached to an aromatic ring is 1. The molecule has 0 radical (unpaired) electrons. The molecule has 3 N–H and O–H groups in total. The fourth-order valence-electron chi connectivity index (χ4n) is 2.00. The minimum absolute atomic E-state index is 0.180. The fraction of sp³-hybridized carbons (Fsp3) is 0.222. The Bertz CT molecular complexity index is 761. The summed E-state index contributed by atoms with van der Waals surface area (Å²) in [6, 6.07) is 12.3. The zero-order chi connectivity index (χ0) is 18.2. The van der Waals surface area contributed by atoms with E-state index in [0.29, 0.717) is 46.6 Å². The number of nitrogens with two attached hydrogens (primary N) is 1. The molecule has 7 heteroatoms. The Labute approximate surface area is 156 Å². The molecule has 132 valence electrons. The number of carbonyl (C=O) groups is 1. The first-order valence-electron chi connectivity index (χ1n) is 7.72. The summed E-state index contributed by atoms with van der Waals surface area (Å²) in [5.41, 5.74) is 10.5. The normalized spacial score (nSPS) is 11.2. The summed E-state index contributed by atoms with van der Waals surface area (Å²) in [4.78, 5) is 11.8. The highest BCUT2D eigenvalue weighted by Crippen LogP contribution is 2.27. The van der Waals surface area contributed by atoms with E-state index in [1.165, 1.54) is 0 Å². The maximum Gasteiger partial charge on any atom is 0.240 e. The SMILES string of the molecule is C/C(=N\NC(=O)CCCOc1ccc(Cl)cc1Cl)c1ccc(N)cc1. The summed E-state index contributed by atoms with van der Waals surface area (Å²) >= 11 is 11.8. The van der Waals surface area contributed by atoms with Gasteiger partial charge in [-0.15, -0.1) is 0 Å². The van der Waals surface area contributed by atoms with Crippen molar-refractivity contribution >= 4 is 40.5 Å². The van der Waals surface area contributed by atoms with Crippen molar-refractivity contribution in [3.8, 4) is 5.75 Å². The van der Waals surface area contributed by atoms with Gasteiger partial charge in [-0.1, -0.05) is 35.3 Å². The molecule has 0 aliphatic rings. The van der Waals surface area contributed by atoms with E-state index in [1.807, 2.05) is 19.1 Å². The van der Waals surface area contributed by atoms with Gasteiger partial charge in [-0.3, -0.25) is 4.79 Å². The minimum Gasteiger partial charge on any atom is -0.492 e.